The summed E-state index contributed by atoms with van der Waals surface area (Å²) in [6.45, 7) is 0.437. The van der Waals surface area contributed by atoms with Crippen LogP contribution >= 0.6 is 7.60 Å². The summed E-state index contributed by atoms with van der Waals surface area (Å²) in [5.74, 6) is -0.635. The molecule has 0 spiro atoms. The van der Waals surface area contributed by atoms with Crippen LogP contribution in [0.15, 0.2) is 84.9 Å². The number of rotatable bonds is 14. The highest BCUT2D eigenvalue weighted by Crippen LogP contribution is 2.48. The molecule has 2 amide bonds. The Morgan fingerprint density at radius 2 is 1.46 bits per heavy atom. The zero-order valence-electron chi connectivity index (χ0n) is 21.2. The van der Waals surface area contributed by atoms with Crippen LogP contribution in [0.4, 0.5) is 13.6 Å². The van der Waals surface area contributed by atoms with Crippen LogP contribution in [0.5, 0.6) is 5.75 Å². The molecule has 39 heavy (non-hydrogen) atoms. The Morgan fingerprint density at radius 3 is 2.08 bits per heavy atom. The number of alkyl halides is 2. The molecule has 0 saturated carbocycles. The van der Waals surface area contributed by atoms with E-state index < -0.39 is 31.8 Å². The molecule has 3 aromatic rings. The molecule has 0 fully saturated rings. The molecule has 1 unspecified atom stereocenters. The zero-order chi connectivity index (χ0) is 28.1. The molecule has 0 aliphatic rings. The Kier molecular flexibility index (Phi) is 11.5. The standard InChI is InChI=1S/C28H31F2N2O6P/c29-27(30)39(35,36)38-24-16-14-22(15-17-24)19-25(32-28(34)37-20-23-12-5-2-6-13-23)26(33)31-18-8-7-11-21-9-3-1-4-10-21/h1-6,9-10,12-17,25,27H,7-8,11,18-20H2,(H,31,33)(H,32,34)(H,35,36)/t25-/m0/s1. The fourth-order valence-electron chi connectivity index (χ4n) is 3.66. The number of ether oxygens (including phenoxy) is 1. The van der Waals surface area contributed by atoms with E-state index in [0.29, 0.717) is 12.1 Å². The summed E-state index contributed by atoms with van der Waals surface area (Å²) < 4.78 is 46.4. The number of hydrogen-bond acceptors (Lipinski definition) is 5. The number of aryl methyl sites for hydroxylation is 1. The quantitative estimate of drug-likeness (QED) is 0.179. The fourth-order valence-corrected chi connectivity index (χ4v) is 4.17. The second kappa shape index (κ2) is 15.0. The van der Waals surface area contributed by atoms with Gasteiger partial charge in [-0.15, -0.1) is 0 Å². The third-order valence-corrected chi connectivity index (χ3v) is 6.67. The summed E-state index contributed by atoms with van der Waals surface area (Å²) in [7, 11) is -5.11. The maximum absolute atomic E-state index is 13.0. The van der Waals surface area contributed by atoms with Crippen LogP contribution in [0.1, 0.15) is 29.5 Å². The first-order chi connectivity index (χ1) is 18.7. The molecule has 8 nitrogen and oxygen atoms in total. The summed E-state index contributed by atoms with van der Waals surface area (Å²) >= 11 is 0. The van der Waals surface area contributed by atoms with Gasteiger partial charge in [-0.1, -0.05) is 72.8 Å². The van der Waals surface area contributed by atoms with E-state index in [1.165, 1.54) is 29.8 Å². The minimum Gasteiger partial charge on any atom is -0.445 e. The molecule has 0 aliphatic heterocycles. The van der Waals surface area contributed by atoms with Crippen molar-refractivity contribution in [3.8, 4) is 5.75 Å². The van der Waals surface area contributed by atoms with Crippen LogP contribution in [-0.2, 0) is 33.5 Å². The third-order valence-electron chi connectivity index (χ3n) is 5.70. The number of hydrogen-bond donors (Lipinski definition) is 3. The van der Waals surface area contributed by atoms with Gasteiger partial charge in [0.05, 0.1) is 0 Å². The minimum absolute atomic E-state index is 0.0257. The van der Waals surface area contributed by atoms with Crippen molar-refractivity contribution in [3.63, 3.8) is 0 Å². The maximum atomic E-state index is 13.0. The Morgan fingerprint density at radius 1 is 0.846 bits per heavy atom. The van der Waals surface area contributed by atoms with E-state index in [4.69, 9.17) is 4.74 Å². The van der Waals surface area contributed by atoms with Crippen molar-refractivity contribution in [2.75, 3.05) is 6.54 Å². The Hall–Kier alpha value is -3.75. The summed E-state index contributed by atoms with van der Waals surface area (Å²) in [4.78, 5) is 34.6. The molecule has 0 saturated heterocycles. The molecule has 3 aromatic carbocycles. The van der Waals surface area contributed by atoms with Gasteiger partial charge < -0.3 is 24.8 Å². The van der Waals surface area contributed by atoms with Crippen molar-refractivity contribution in [2.45, 2.75) is 44.5 Å². The van der Waals surface area contributed by atoms with Gasteiger partial charge in [0.2, 0.25) is 5.91 Å². The van der Waals surface area contributed by atoms with Crippen molar-refractivity contribution < 1.29 is 37.1 Å². The molecule has 0 aromatic heterocycles. The van der Waals surface area contributed by atoms with Crippen molar-refractivity contribution >= 4 is 19.6 Å². The molecule has 3 N–H and O–H groups in total. The summed E-state index contributed by atoms with van der Waals surface area (Å²) in [6, 6.07) is 23.5. The van der Waals surface area contributed by atoms with Gasteiger partial charge in [0.15, 0.2) is 0 Å². The van der Waals surface area contributed by atoms with E-state index in [1.54, 1.807) is 12.1 Å². The molecule has 3 rings (SSSR count). The zero-order valence-corrected chi connectivity index (χ0v) is 22.1. The molecule has 0 bridgehead atoms. The largest absolute Gasteiger partial charge is 0.445 e. The molecule has 2 atom stereocenters. The first-order valence-corrected chi connectivity index (χ1v) is 14.1. The average molecular weight is 561 g/mol. The Labute approximate surface area is 225 Å². The van der Waals surface area contributed by atoms with Gasteiger partial charge in [0, 0.05) is 13.0 Å². The number of nitrogens with one attached hydrogen (secondary N) is 2. The van der Waals surface area contributed by atoms with Crippen LogP contribution in [0, 0.1) is 0 Å². The third kappa shape index (κ3) is 10.5. The molecule has 11 heteroatoms. The van der Waals surface area contributed by atoms with Crippen LogP contribution < -0.4 is 15.2 Å². The second-order valence-corrected chi connectivity index (χ2v) is 10.5. The highest BCUT2D eigenvalue weighted by molar-refractivity contribution is 7.53. The lowest BCUT2D eigenvalue weighted by molar-refractivity contribution is -0.123. The number of carbonyl (C=O) groups is 2. The molecular formula is C28H31F2N2O6P. The van der Waals surface area contributed by atoms with Crippen LogP contribution in [0.2, 0.25) is 0 Å². The van der Waals surface area contributed by atoms with E-state index in [-0.39, 0.29) is 18.8 Å². The highest BCUT2D eigenvalue weighted by atomic mass is 31.2. The predicted octanol–water partition coefficient (Wildman–Crippen LogP) is 5.45. The topological polar surface area (TPSA) is 114 Å². The van der Waals surface area contributed by atoms with Gasteiger partial charge in [-0.25, -0.2) is 9.36 Å². The van der Waals surface area contributed by atoms with E-state index in [1.807, 2.05) is 48.5 Å². The summed E-state index contributed by atoms with van der Waals surface area (Å²) in [5.41, 5.74) is 2.55. The molecule has 0 heterocycles. The maximum Gasteiger partial charge on any atom is 0.442 e. The van der Waals surface area contributed by atoms with Gasteiger partial charge >= 0.3 is 19.9 Å². The molecule has 0 aliphatic carbocycles. The molecular weight excluding hydrogens is 529 g/mol. The fraction of sp³-hybridized carbons (Fsp3) is 0.286. The lowest BCUT2D eigenvalue weighted by Crippen LogP contribution is -2.48. The molecule has 208 valence electrons. The number of benzene rings is 3. The number of halogens is 2. The highest BCUT2D eigenvalue weighted by Gasteiger charge is 2.34. The van der Waals surface area contributed by atoms with Gasteiger partial charge in [-0.2, -0.15) is 8.78 Å². The van der Waals surface area contributed by atoms with Crippen LogP contribution in [0.3, 0.4) is 0 Å². The predicted molar refractivity (Wildman–Crippen MR) is 143 cm³/mol. The van der Waals surface area contributed by atoms with Crippen molar-refractivity contribution in [2.24, 2.45) is 0 Å². The lowest BCUT2D eigenvalue weighted by atomic mass is 10.0. The lowest BCUT2D eigenvalue weighted by Gasteiger charge is -2.19. The van der Waals surface area contributed by atoms with Gasteiger partial charge in [-0.3, -0.25) is 4.79 Å². The number of amides is 2. The van der Waals surface area contributed by atoms with Crippen LogP contribution in [-0.4, -0.2) is 35.6 Å². The van der Waals surface area contributed by atoms with E-state index in [2.05, 4.69) is 15.2 Å². The van der Waals surface area contributed by atoms with Gasteiger partial charge in [0.25, 0.3) is 0 Å². The summed E-state index contributed by atoms with van der Waals surface area (Å²) in [6.07, 6.45) is -1.77. The van der Waals surface area contributed by atoms with Crippen molar-refractivity contribution in [3.05, 3.63) is 102 Å². The van der Waals surface area contributed by atoms with Crippen molar-refractivity contribution in [1.29, 1.82) is 0 Å². The Bertz CT molecular complexity index is 1230. The normalized spacial score (nSPS) is 13.2. The first-order valence-electron chi connectivity index (χ1n) is 12.4. The second-order valence-electron chi connectivity index (χ2n) is 8.77. The molecule has 0 radical (unpaired) electrons. The average Bonchev–Trinajstić information content (AvgIpc) is 2.93. The number of unbranched alkanes of at least 4 members (excludes halogenated alkanes) is 1. The Balaban J connectivity index is 1.57. The SMILES string of the molecule is O=C(N[C@@H](Cc1ccc(OP(=O)(O)C(F)F)cc1)C(=O)NCCCCc1ccccc1)OCc1ccccc1. The summed E-state index contributed by atoms with van der Waals surface area (Å²) in [5, 5.41) is 5.42. The van der Waals surface area contributed by atoms with E-state index in [0.717, 1.165) is 24.8 Å². The van der Waals surface area contributed by atoms with Gasteiger partial charge in [0.1, 0.15) is 18.4 Å². The van der Waals surface area contributed by atoms with E-state index in [9.17, 15) is 27.8 Å². The smallest absolute Gasteiger partial charge is 0.442 e. The minimum atomic E-state index is -5.11. The monoisotopic (exact) mass is 560 g/mol. The van der Waals surface area contributed by atoms with Crippen LogP contribution in [0.25, 0.3) is 0 Å². The number of carbonyl (C=O) groups excluding carboxylic acids is 2. The van der Waals surface area contributed by atoms with E-state index >= 15 is 0 Å². The van der Waals surface area contributed by atoms with Gasteiger partial charge in [-0.05, 0) is 48.1 Å². The first kappa shape index (κ1) is 29.8. The number of alkyl carbamates (subject to hydrolysis) is 1. The van der Waals surface area contributed by atoms with Crippen molar-refractivity contribution in [1.82, 2.24) is 10.6 Å².